The van der Waals surface area contributed by atoms with Crippen LogP contribution in [0.4, 0.5) is 5.69 Å². The molecule has 1 aromatic carbocycles. The number of anilines is 1. The first-order valence-electron chi connectivity index (χ1n) is 7.97. The molecular formula is C18H15BrN4O2. The van der Waals surface area contributed by atoms with Crippen molar-refractivity contribution in [2.45, 2.75) is 18.9 Å². The monoisotopic (exact) mass is 398 g/mol. The highest BCUT2D eigenvalue weighted by Crippen LogP contribution is 2.21. The fourth-order valence-corrected chi connectivity index (χ4v) is 3.00. The van der Waals surface area contributed by atoms with Crippen molar-refractivity contribution < 1.29 is 9.59 Å². The highest BCUT2D eigenvalue weighted by Gasteiger charge is 2.27. The van der Waals surface area contributed by atoms with Crippen molar-refractivity contribution in [1.29, 1.82) is 0 Å². The Morgan fingerprint density at radius 1 is 1.12 bits per heavy atom. The molecule has 0 radical (unpaired) electrons. The summed E-state index contributed by atoms with van der Waals surface area (Å²) in [4.78, 5) is 29.4. The molecule has 2 heterocycles. The van der Waals surface area contributed by atoms with Gasteiger partial charge in [-0.3, -0.25) is 14.0 Å². The van der Waals surface area contributed by atoms with Crippen molar-refractivity contribution >= 4 is 38.9 Å². The quantitative estimate of drug-likeness (QED) is 0.708. The first kappa shape index (κ1) is 15.8. The van der Waals surface area contributed by atoms with E-state index < -0.39 is 0 Å². The molecule has 0 unspecified atom stereocenters. The largest absolute Gasteiger partial charge is 0.347 e. The van der Waals surface area contributed by atoms with Crippen LogP contribution in [0.15, 0.2) is 53.1 Å². The van der Waals surface area contributed by atoms with E-state index in [0.717, 1.165) is 17.3 Å². The van der Waals surface area contributed by atoms with Crippen LogP contribution in [0.1, 0.15) is 33.9 Å². The number of hydrogen-bond acceptors (Lipinski definition) is 3. The lowest BCUT2D eigenvalue weighted by molar-refractivity contribution is 0.0940. The third kappa shape index (κ3) is 3.28. The molecule has 7 heteroatoms. The van der Waals surface area contributed by atoms with Crippen molar-refractivity contribution in [3.63, 3.8) is 0 Å². The lowest BCUT2D eigenvalue weighted by atomic mass is 10.3. The van der Waals surface area contributed by atoms with Crippen molar-refractivity contribution in [2.75, 3.05) is 5.32 Å². The molecule has 1 saturated carbocycles. The lowest BCUT2D eigenvalue weighted by Gasteiger charge is -2.04. The standard InChI is InChI=1S/C18H15BrN4O2/c19-11-4-3-5-13(10-11)21-17(24)15-14-6-1-2-9-23(14)16(22-15)18(25)20-12-7-8-12/h1-6,9-10,12H,7-8H2,(H,20,25)(H,21,24). The molecular weight excluding hydrogens is 384 g/mol. The molecule has 0 bridgehead atoms. The van der Waals surface area contributed by atoms with E-state index in [2.05, 4.69) is 31.5 Å². The van der Waals surface area contributed by atoms with Gasteiger partial charge in [-0.25, -0.2) is 4.98 Å². The molecule has 1 aliphatic carbocycles. The lowest BCUT2D eigenvalue weighted by Crippen LogP contribution is -2.27. The molecule has 2 aromatic heterocycles. The SMILES string of the molecule is O=C(Nc1cccc(Br)c1)c1nc(C(=O)NC2CC2)n2ccccc12. The van der Waals surface area contributed by atoms with Crippen LogP contribution in [0.25, 0.3) is 5.52 Å². The van der Waals surface area contributed by atoms with E-state index in [1.165, 1.54) is 0 Å². The number of amides is 2. The molecule has 6 nitrogen and oxygen atoms in total. The molecule has 3 aromatic rings. The zero-order chi connectivity index (χ0) is 17.4. The number of nitrogens with zero attached hydrogens (tertiary/aromatic N) is 2. The van der Waals surface area contributed by atoms with E-state index in [-0.39, 0.29) is 29.4 Å². The second kappa shape index (κ2) is 6.33. The normalized spacial score (nSPS) is 13.6. The molecule has 2 N–H and O–H groups in total. The number of imidazole rings is 1. The Morgan fingerprint density at radius 3 is 2.72 bits per heavy atom. The van der Waals surface area contributed by atoms with Gasteiger partial charge in [-0.2, -0.15) is 0 Å². The second-order valence-electron chi connectivity index (χ2n) is 5.95. The molecule has 1 aliphatic rings. The van der Waals surface area contributed by atoms with E-state index >= 15 is 0 Å². The molecule has 25 heavy (non-hydrogen) atoms. The van der Waals surface area contributed by atoms with Gasteiger partial charge in [0.2, 0.25) is 5.82 Å². The van der Waals surface area contributed by atoms with E-state index in [9.17, 15) is 9.59 Å². The van der Waals surface area contributed by atoms with Crippen molar-refractivity contribution in [3.8, 4) is 0 Å². The zero-order valence-corrected chi connectivity index (χ0v) is 14.8. The summed E-state index contributed by atoms with van der Waals surface area (Å²) in [5, 5.41) is 5.73. The average Bonchev–Trinajstić information content (AvgIpc) is 3.32. The Balaban J connectivity index is 1.68. The van der Waals surface area contributed by atoms with Crippen LogP contribution in [-0.2, 0) is 0 Å². The average molecular weight is 399 g/mol. The Hall–Kier alpha value is -2.67. The summed E-state index contributed by atoms with van der Waals surface area (Å²) in [5.74, 6) is -0.389. The number of nitrogens with one attached hydrogen (secondary N) is 2. The number of rotatable bonds is 4. The minimum absolute atomic E-state index is 0.224. The van der Waals surface area contributed by atoms with Gasteiger partial charge in [-0.1, -0.05) is 28.1 Å². The van der Waals surface area contributed by atoms with Gasteiger partial charge in [-0.05, 0) is 43.2 Å². The number of carbonyl (C=O) groups excluding carboxylic acids is 2. The van der Waals surface area contributed by atoms with Crippen molar-refractivity contribution in [1.82, 2.24) is 14.7 Å². The third-order valence-electron chi connectivity index (χ3n) is 3.96. The van der Waals surface area contributed by atoms with Gasteiger partial charge in [0.25, 0.3) is 11.8 Å². The van der Waals surface area contributed by atoms with Gasteiger partial charge < -0.3 is 10.6 Å². The number of fused-ring (bicyclic) bond motifs is 1. The molecule has 126 valence electrons. The van der Waals surface area contributed by atoms with Crippen molar-refractivity contribution in [3.05, 3.63) is 64.7 Å². The fraction of sp³-hybridized carbons (Fsp3) is 0.167. The fourth-order valence-electron chi connectivity index (χ4n) is 2.60. The summed E-state index contributed by atoms with van der Waals surface area (Å²) in [6.07, 6.45) is 3.72. The summed E-state index contributed by atoms with van der Waals surface area (Å²) >= 11 is 3.38. The highest BCUT2D eigenvalue weighted by atomic mass is 79.9. The van der Waals surface area contributed by atoms with Crippen LogP contribution in [0.2, 0.25) is 0 Å². The summed E-state index contributed by atoms with van der Waals surface area (Å²) in [6, 6.07) is 12.9. The Labute approximate surface area is 152 Å². The number of pyridine rings is 1. The van der Waals surface area contributed by atoms with Crippen LogP contribution >= 0.6 is 15.9 Å². The predicted octanol–water partition coefficient (Wildman–Crippen LogP) is 3.24. The van der Waals surface area contributed by atoms with Crippen LogP contribution < -0.4 is 10.6 Å². The van der Waals surface area contributed by atoms with Crippen LogP contribution in [0.3, 0.4) is 0 Å². The molecule has 0 atom stereocenters. The summed E-state index contributed by atoms with van der Waals surface area (Å²) in [6.45, 7) is 0. The number of hydrogen-bond donors (Lipinski definition) is 2. The maximum Gasteiger partial charge on any atom is 0.287 e. The third-order valence-corrected chi connectivity index (χ3v) is 4.45. The number of aromatic nitrogens is 2. The van der Waals surface area contributed by atoms with Crippen LogP contribution in [0, 0.1) is 0 Å². The summed E-state index contributed by atoms with van der Waals surface area (Å²) < 4.78 is 2.51. The molecule has 0 saturated heterocycles. The predicted molar refractivity (Wildman–Crippen MR) is 97.8 cm³/mol. The Kier molecular flexibility index (Phi) is 4.01. The van der Waals surface area contributed by atoms with E-state index in [1.54, 1.807) is 34.9 Å². The van der Waals surface area contributed by atoms with Gasteiger partial charge in [-0.15, -0.1) is 0 Å². The van der Waals surface area contributed by atoms with E-state index in [1.807, 2.05) is 18.2 Å². The minimum Gasteiger partial charge on any atom is -0.347 e. The van der Waals surface area contributed by atoms with Gasteiger partial charge in [0.05, 0.1) is 5.52 Å². The maximum atomic E-state index is 12.7. The number of benzene rings is 1. The van der Waals surface area contributed by atoms with Gasteiger partial charge in [0.1, 0.15) is 0 Å². The highest BCUT2D eigenvalue weighted by molar-refractivity contribution is 9.10. The van der Waals surface area contributed by atoms with Crippen LogP contribution in [-0.4, -0.2) is 27.2 Å². The summed E-state index contributed by atoms with van der Waals surface area (Å²) in [5.41, 5.74) is 1.47. The maximum absolute atomic E-state index is 12.7. The zero-order valence-electron chi connectivity index (χ0n) is 13.2. The Morgan fingerprint density at radius 2 is 1.96 bits per heavy atom. The van der Waals surface area contributed by atoms with Crippen molar-refractivity contribution in [2.24, 2.45) is 0 Å². The van der Waals surface area contributed by atoms with Gasteiger partial charge in [0.15, 0.2) is 5.69 Å². The molecule has 1 fully saturated rings. The van der Waals surface area contributed by atoms with Crippen LogP contribution in [0.5, 0.6) is 0 Å². The topological polar surface area (TPSA) is 75.5 Å². The molecule has 0 spiro atoms. The van der Waals surface area contributed by atoms with Gasteiger partial charge >= 0.3 is 0 Å². The number of carbonyl (C=O) groups is 2. The number of halogens is 1. The van der Waals surface area contributed by atoms with Gasteiger partial charge in [0, 0.05) is 22.4 Å². The van der Waals surface area contributed by atoms with E-state index in [4.69, 9.17) is 0 Å². The Bertz CT molecular complexity index is 978. The minimum atomic E-state index is -0.354. The van der Waals surface area contributed by atoms with E-state index in [0.29, 0.717) is 11.2 Å². The smallest absolute Gasteiger partial charge is 0.287 e. The molecule has 2 amide bonds. The first-order valence-corrected chi connectivity index (χ1v) is 8.76. The molecule has 0 aliphatic heterocycles. The first-order chi connectivity index (χ1) is 12.1. The molecule has 4 rings (SSSR count). The second-order valence-corrected chi connectivity index (χ2v) is 6.87. The summed E-state index contributed by atoms with van der Waals surface area (Å²) in [7, 11) is 0.